The van der Waals surface area contributed by atoms with Gasteiger partial charge in [-0.3, -0.25) is 0 Å². The van der Waals surface area contributed by atoms with Crippen LogP contribution >= 0.6 is 11.8 Å². The summed E-state index contributed by atoms with van der Waals surface area (Å²) in [7, 11) is 0. The quantitative estimate of drug-likeness (QED) is 0.661. The van der Waals surface area contributed by atoms with Gasteiger partial charge in [-0.05, 0) is 29.5 Å². The number of alkyl halides is 5. The highest BCUT2D eigenvalue weighted by molar-refractivity contribution is 8.00. The number of hydrogen-bond donors (Lipinski definition) is 2. The first-order valence-corrected chi connectivity index (χ1v) is 5.57. The first kappa shape index (κ1) is 15.2. The molecule has 2 nitrogen and oxygen atoms in total. The fraction of sp³-hybridized carbons (Fsp3) is 0.400. The minimum Gasteiger partial charge on any atom is -0.390 e. The summed E-state index contributed by atoms with van der Waals surface area (Å²) < 4.78 is 62.2. The van der Waals surface area contributed by atoms with Crippen molar-refractivity contribution < 1.29 is 27.1 Å². The minimum atomic E-state index is -4.43. The molecule has 102 valence electrons. The van der Waals surface area contributed by atoms with E-state index in [1.807, 2.05) is 0 Å². The lowest BCUT2D eigenvalue weighted by Gasteiger charge is -2.21. The maximum Gasteiger partial charge on any atom is 0.446 e. The van der Waals surface area contributed by atoms with E-state index in [1.165, 1.54) is 0 Å². The van der Waals surface area contributed by atoms with Gasteiger partial charge < -0.3 is 10.8 Å². The number of nitrogens with two attached hydrogens (primary N) is 1. The van der Waals surface area contributed by atoms with Gasteiger partial charge in [0.1, 0.15) is 6.61 Å². The zero-order valence-electron chi connectivity index (χ0n) is 8.92. The number of halogens is 5. The lowest BCUT2D eigenvalue weighted by Crippen LogP contribution is -2.36. The van der Waals surface area contributed by atoms with Crippen LogP contribution in [0.15, 0.2) is 29.2 Å². The van der Waals surface area contributed by atoms with Gasteiger partial charge in [0.05, 0.1) is 6.04 Å². The molecule has 0 fully saturated rings. The van der Waals surface area contributed by atoms with Gasteiger partial charge >= 0.3 is 5.51 Å². The molecule has 0 saturated heterocycles. The second-order valence-corrected chi connectivity index (χ2v) is 4.65. The van der Waals surface area contributed by atoms with Crippen LogP contribution in [-0.4, -0.2) is 23.1 Å². The second kappa shape index (κ2) is 5.41. The van der Waals surface area contributed by atoms with Crippen molar-refractivity contribution in [1.82, 2.24) is 0 Å². The molecule has 0 aromatic heterocycles. The molecule has 0 unspecified atom stereocenters. The molecule has 1 rings (SSSR count). The van der Waals surface area contributed by atoms with E-state index in [4.69, 9.17) is 10.8 Å². The highest BCUT2D eigenvalue weighted by atomic mass is 32.2. The topological polar surface area (TPSA) is 46.2 Å². The fourth-order valence-corrected chi connectivity index (χ4v) is 1.76. The molecular formula is C10H10F5NOS. The van der Waals surface area contributed by atoms with E-state index in [9.17, 15) is 22.0 Å². The minimum absolute atomic E-state index is 0.0411. The van der Waals surface area contributed by atoms with E-state index in [-0.39, 0.29) is 22.2 Å². The summed E-state index contributed by atoms with van der Waals surface area (Å²) in [5.41, 5.74) is 0.749. The maximum atomic E-state index is 13.0. The standard InChI is InChI=1S/C10H10F5NOS/c11-9(12,5-17)8(16)6-1-3-7(4-2-6)18-10(13,14)15/h1-4,8,17H,5,16H2/t8-/m0/s1. The van der Waals surface area contributed by atoms with Crippen LogP contribution in [0.5, 0.6) is 0 Å². The molecule has 0 amide bonds. The first-order valence-electron chi connectivity index (χ1n) is 4.75. The number of aliphatic hydroxyl groups is 1. The van der Waals surface area contributed by atoms with Crippen molar-refractivity contribution in [2.75, 3.05) is 6.61 Å². The SMILES string of the molecule is N[C@@H](c1ccc(SC(F)(F)F)cc1)C(F)(F)CO. The van der Waals surface area contributed by atoms with Gasteiger partial charge in [-0.25, -0.2) is 8.78 Å². The summed E-state index contributed by atoms with van der Waals surface area (Å²) in [6.45, 7) is -1.42. The monoisotopic (exact) mass is 287 g/mol. The Morgan fingerprint density at radius 2 is 1.61 bits per heavy atom. The fourth-order valence-electron chi connectivity index (χ4n) is 1.22. The van der Waals surface area contributed by atoms with Gasteiger partial charge in [0.15, 0.2) is 0 Å². The molecule has 18 heavy (non-hydrogen) atoms. The summed E-state index contributed by atoms with van der Waals surface area (Å²) in [4.78, 5) is -0.120. The third-order valence-corrected chi connectivity index (χ3v) is 2.88. The third-order valence-electron chi connectivity index (χ3n) is 2.14. The molecule has 1 atom stereocenters. The Morgan fingerprint density at radius 1 is 1.11 bits per heavy atom. The predicted octanol–water partition coefficient (Wildman–Crippen LogP) is 2.93. The Balaban J connectivity index is 2.83. The molecule has 1 aromatic carbocycles. The zero-order chi connectivity index (χ0) is 14.0. The van der Waals surface area contributed by atoms with Crippen LogP contribution in [0.3, 0.4) is 0 Å². The van der Waals surface area contributed by atoms with Gasteiger partial charge in [-0.15, -0.1) is 0 Å². The van der Waals surface area contributed by atoms with Crippen LogP contribution in [0.1, 0.15) is 11.6 Å². The van der Waals surface area contributed by atoms with Crippen molar-refractivity contribution in [2.45, 2.75) is 22.4 Å². The highest BCUT2D eigenvalue weighted by Gasteiger charge is 2.37. The predicted molar refractivity (Wildman–Crippen MR) is 57.3 cm³/mol. The smallest absolute Gasteiger partial charge is 0.390 e. The van der Waals surface area contributed by atoms with Crippen LogP contribution in [-0.2, 0) is 0 Å². The van der Waals surface area contributed by atoms with E-state index in [1.54, 1.807) is 0 Å². The molecule has 0 saturated carbocycles. The summed E-state index contributed by atoms with van der Waals surface area (Å²) in [5, 5.41) is 8.45. The van der Waals surface area contributed by atoms with Crippen molar-refractivity contribution >= 4 is 11.8 Å². The van der Waals surface area contributed by atoms with E-state index in [0.29, 0.717) is 0 Å². The van der Waals surface area contributed by atoms with E-state index in [2.05, 4.69) is 0 Å². The number of benzene rings is 1. The van der Waals surface area contributed by atoms with Gasteiger partial charge in [0, 0.05) is 4.90 Å². The average Bonchev–Trinajstić information content (AvgIpc) is 2.27. The normalized spacial score (nSPS) is 14.6. The number of rotatable bonds is 4. The largest absolute Gasteiger partial charge is 0.446 e. The average molecular weight is 287 g/mol. The van der Waals surface area contributed by atoms with Crippen LogP contribution in [0.2, 0.25) is 0 Å². The Bertz CT molecular complexity index is 392. The molecule has 0 bridgehead atoms. The van der Waals surface area contributed by atoms with Gasteiger partial charge in [0.2, 0.25) is 0 Å². The number of hydrogen-bond acceptors (Lipinski definition) is 3. The Labute approximate surface area is 104 Å². The summed E-state index contributed by atoms with van der Waals surface area (Å²) in [6.07, 6.45) is 0. The molecule has 0 aliphatic heterocycles. The summed E-state index contributed by atoms with van der Waals surface area (Å²) in [5.74, 6) is -3.52. The van der Waals surface area contributed by atoms with Crippen LogP contribution in [0.25, 0.3) is 0 Å². The van der Waals surface area contributed by atoms with Gasteiger partial charge in [-0.1, -0.05) is 12.1 Å². The van der Waals surface area contributed by atoms with Gasteiger partial charge in [-0.2, -0.15) is 13.2 Å². The maximum absolute atomic E-state index is 13.0. The number of aliphatic hydroxyl groups excluding tert-OH is 1. The molecule has 0 heterocycles. The first-order chi connectivity index (χ1) is 8.15. The van der Waals surface area contributed by atoms with Crippen molar-refractivity contribution in [1.29, 1.82) is 0 Å². The van der Waals surface area contributed by atoms with Crippen molar-refractivity contribution in [3.05, 3.63) is 29.8 Å². The van der Waals surface area contributed by atoms with Crippen LogP contribution in [0.4, 0.5) is 22.0 Å². The van der Waals surface area contributed by atoms with Crippen molar-refractivity contribution in [3.63, 3.8) is 0 Å². The van der Waals surface area contributed by atoms with Crippen molar-refractivity contribution in [2.24, 2.45) is 5.73 Å². The molecule has 0 radical (unpaired) electrons. The molecular weight excluding hydrogens is 277 g/mol. The molecule has 1 aromatic rings. The summed E-state index contributed by atoms with van der Waals surface area (Å²) in [6, 6.07) is 2.53. The summed E-state index contributed by atoms with van der Waals surface area (Å²) >= 11 is -0.343. The lowest BCUT2D eigenvalue weighted by molar-refractivity contribution is -0.0712. The molecule has 8 heteroatoms. The number of thioether (sulfide) groups is 1. The lowest BCUT2D eigenvalue weighted by atomic mass is 10.0. The van der Waals surface area contributed by atoms with Crippen molar-refractivity contribution in [3.8, 4) is 0 Å². The van der Waals surface area contributed by atoms with E-state index < -0.39 is 24.1 Å². The molecule has 0 aliphatic rings. The Morgan fingerprint density at radius 3 is 2.00 bits per heavy atom. The second-order valence-electron chi connectivity index (χ2n) is 3.51. The Kier molecular flexibility index (Phi) is 4.57. The van der Waals surface area contributed by atoms with Crippen LogP contribution < -0.4 is 5.73 Å². The van der Waals surface area contributed by atoms with E-state index in [0.717, 1.165) is 24.3 Å². The Hall–Kier alpha value is -0.860. The molecule has 0 aliphatic carbocycles. The zero-order valence-corrected chi connectivity index (χ0v) is 9.73. The highest BCUT2D eigenvalue weighted by Crippen LogP contribution is 2.37. The van der Waals surface area contributed by atoms with Gasteiger partial charge in [0.25, 0.3) is 5.92 Å². The third kappa shape index (κ3) is 4.11. The molecule has 0 spiro atoms. The van der Waals surface area contributed by atoms with E-state index >= 15 is 0 Å². The molecule has 3 N–H and O–H groups in total. The van der Waals surface area contributed by atoms with Crippen LogP contribution in [0, 0.1) is 0 Å².